The maximum Gasteiger partial charge on any atom is 0.119 e. The molecule has 0 unspecified atom stereocenters. The van der Waals surface area contributed by atoms with Crippen LogP contribution in [0.5, 0.6) is 5.75 Å². The molecule has 2 N–H and O–H groups in total. The van der Waals surface area contributed by atoms with Gasteiger partial charge in [-0.05, 0) is 29.8 Å². The zero-order chi connectivity index (χ0) is 12.1. The molecule has 0 aliphatic carbocycles. The van der Waals surface area contributed by atoms with Crippen molar-refractivity contribution >= 4 is 18.1 Å². The van der Waals surface area contributed by atoms with E-state index in [1.54, 1.807) is 12.1 Å². The second kappa shape index (κ2) is 6.89. The van der Waals surface area contributed by atoms with E-state index in [-0.39, 0.29) is 12.4 Å². The highest BCUT2D eigenvalue weighted by Crippen LogP contribution is 2.18. The highest BCUT2D eigenvalue weighted by Gasteiger charge is 2.02. The molecule has 2 aromatic rings. The quantitative estimate of drug-likeness (QED) is 0.682. The van der Waals surface area contributed by atoms with Crippen LogP contribution in [0.2, 0.25) is 0 Å². The second-order valence-electron chi connectivity index (χ2n) is 3.81. The number of hydrazine groups is 1. The molecule has 0 aliphatic heterocycles. The van der Waals surface area contributed by atoms with Gasteiger partial charge in [-0.3, -0.25) is 0 Å². The van der Waals surface area contributed by atoms with E-state index in [9.17, 15) is 0 Å². The molecular weight excluding hydrogens is 248 g/mol. The summed E-state index contributed by atoms with van der Waals surface area (Å²) >= 11 is 0. The lowest BCUT2D eigenvalue weighted by atomic mass is 10.2. The Bertz CT molecular complexity index is 459. The third-order valence-corrected chi connectivity index (χ3v) is 2.60. The van der Waals surface area contributed by atoms with E-state index in [2.05, 4.69) is 12.1 Å². The van der Waals surface area contributed by atoms with Crippen molar-refractivity contribution in [1.82, 2.24) is 0 Å². The molecule has 0 aliphatic rings. The normalized spacial score (nSPS) is 9.44. The average Bonchev–Trinajstić information content (AvgIpc) is 2.40. The molecule has 2 rings (SSSR count). The first-order chi connectivity index (χ1) is 8.29. The maximum atomic E-state index is 6.01. The summed E-state index contributed by atoms with van der Waals surface area (Å²) < 4.78 is 5.11. The topological polar surface area (TPSA) is 38.5 Å². The molecule has 18 heavy (non-hydrogen) atoms. The lowest BCUT2D eigenvalue weighted by Crippen LogP contribution is -2.29. The molecule has 0 amide bonds. The molecule has 2 aromatic carbocycles. The Hall–Kier alpha value is -1.71. The van der Waals surface area contributed by atoms with Crippen molar-refractivity contribution in [2.24, 2.45) is 5.84 Å². The fraction of sp³-hybridized carbons (Fsp3) is 0.143. The van der Waals surface area contributed by atoms with Crippen molar-refractivity contribution in [3.05, 3.63) is 60.2 Å². The van der Waals surface area contributed by atoms with Gasteiger partial charge >= 0.3 is 0 Å². The van der Waals surface area contributed by atoms with Crippen LogP contribution < -0.4 is 15.6 Å². The maximum absolute atomic E-state index is 6.01. The van der Waals surface area contributed by atoms with E-state index in [1.807, 2.05) is 42.5 Å². The van der Waals surface area contributed by atoms with Crippen molar-refractivity contribution < 1.29 is 4.74 Å². The number of nitrogens with two attached hydrogens (primary N) is 1. The van der Waals surface area contributed by atoms with Crippen molar-refractivity contribution in [1.29, 1.82) is 0 Å². The summed E-state index contributed by atoms with van der Waals surface area (Å²) in [6.07, 6.45) is 0. The minimum Gasteiger partial charge on any atom is -0.497 e. The second-order valence-corrected chi connectivity index (χ2v) is 3.81. The summed E-state index contributed by atoms with van der Waals surface area (Å²) in [5, 5.41) is 1.72. The Labute approximate surface area is 114 Å². The van der Waals surface area contributed by atoms with Gasteiger partial charge in [0.25, 0.3) is 0 Å². The van der Waals surface area contributed by atoms with Crippen LogP contribution in [0.15, 0.2) is 54.6 Å². The molecular formula is C14H17ClN2O. The van der Waals surface area contributed by atoms with Gasteiger partial charge in [0.05, 0.1) is 19.3 Å². The lowest BCUT2D eigenvalue weighted by molar-refractivity contribution is 0.415. The number of halogens is 1. The van der Waals surface area contributed by atoms with Gasteiger partial charge in [0.1, 0.15) is 5.75 Å². The summed E-state index contributed by atoms with van der Waals surface area (Å²) in [7, 11) is 1.65. The number of anilines is 1. The number of hydrogen-bond acceptors (Lipinski definition) is 3. The van der Waals surface area contributed by atoms with Crippen LogP contribution in [0.1, 0.15) is 5.56 Å². The Kier molecular flexibility index (Phi) is 5.49. The summed E-state index contributed by atoms with van der Waals surface area (Å²) in [6.45, 7) is 0.688. The number of rotatable bonds is 4. The summed E-state index contributed by atoms with van der Waals surface area (Å²) in [4.78, 5) is 0. The molecule has 0 radical (unpaired) electrons. The van der Waals surface area contributed by atoms with E-state index in [4.69, 9.17) is 10.6 Å². The first-order valence-corrected chi connectivity index (χ1v) is 5.50. The molecule has 0 atom stereocenters. The van der Waals surface area contributed by atoms with Crippen LogP contribution >= 0.6 is 12.4 Å². The fourth-order valence-electron chi connectivity index (χ4n) is 1.65. The molecule has 0 spiro atoms. The van der Waals surface area contributed by atoms with Crippen LogP contribution in [-0.2, 0) is 6.54 Å². The summed E-state index contributed by atoms with van der Waals surface area (Å²) in [5.41, 5.74) is 2.15. The third-order valence-electron chi connectivity index (χ3n) is 2.60. The van der Waals surface area contributed by atoms with Gasteiger partial charge in [0.15, 0.2) is 0 Å². The third kappa shape index (κ3) is 3.65. The zero-order valence-corrected chi connectivity index (χ0v) is 11.1. The van der Waals surface area contributed by atoms with Crippen molar-refractivity contribution in [2.75, 3.05) is 12.1 Å². The predicted octanol–water partition coefficient (Wildman–Crippen LogP) is 3.00. The van der Waals surface area contributed by atoms with E-state index < -0.39 is 0 Å². The van der Waals surface area contributed by atoms with Gasteiger partial charge in [-0.25, -0.2) is 5.84 Å². The van der Waals surface area contributed by atoms with Gasteiger partial charge < -0.3 is 9.75 Å². The van der Waals surface area contributed by atoms with Gasteiger partial charge in [-0.2, -0.15) is 0 Å². The molecule has 0 aromatic heterocycles. The highest BCUT2D eigenvalue weighted by molar-refractivity contribution is 5.85. The molecule has 0 saturated carbocycles. The van der Waals surface area contributed by atoms with E-state index in [1.165, 1.54) is 5.56 Å². The number of methoxy groups -OCH3 is 1. The first-order valence-electron chi connectivity index (χ1n) is 5.50. The van der Waals surface area contributed by atoms with Crippen LogP contribution in [0.25, 0.3) is 0 Å². The predicted molar refractivity (Wildman–Crippen MR) is 77.1 cm³/mol. The molecule has 0 bridgehead atoms. The monoisotopic (exact) mass is 264 g/mol. The van der Waals surface area contributed by atoms with Crippen molar-refractivity contribution in [3.63, 3.8) is 0 Å². The minimum absolute atomic E-state index is 0. The molecule has 0 heterocycles. The molecule has 3 nitrogen and oxygen atoms in total. The number of benzene rings is 2. The summed E-state index contributed by atoms with van der Waals surface area (Å²) in [5.74, 6) is 6.85. The van der Waals surface area contributed by atoms with E-state index in [0.717, 1.165) is 11.4 Å². The van der Waals surface area contributed by atoms with E-state index >= 15 is 0 Å². The van der Waals surface area contributed by atoms with Crippen LogP contribution in [0.3, 0.4) is 0 Å². The highest BCUT2D eigenvalue weighted by atomic mass is 35.5. The van der Waals surface area contributed by atoms with Crippen LogP contribution in [0.4, 0.5) is 5.69 Å². The number of hydrogen-bond donors (Lipinski definition) is 1. The van der Waals surface area contributed by atoms with Gasteiger partial charge in [-0.1, -0.05) is 30.3 Å². The first kappa shape index (κ1) is 14.4. The number of nitrogens with zero attached hydrogens (tertiary/aromatic N) is 1. The Morgan fingerprint density at radius 1 is 1.00 bits per heavy atom. The van der Waals surface area contributed by atoms with Gasteiger partial charge in [0.2, 0.25) is 0 Å². The van der Waals surface area contributed by atoms with Gasteiger partial charge in [-0.15, -0.1) is 12.4 Å². The van der Waals surface area contributed by atoms with E-state index in [0.29, 0.717) is 6.54 Å². The Morgan fingerprint density at radius 3 is 2.17 bits per heavy atom. The lowest BCUT2D eigenvalue weighted by Gasteiger charge is -2.19. The van der Waals surface area contributed by atoms with Crippen LogP contribution in [-0.4, -0.2) is 7.11 Å². The smallest absolute Gasteiger partial charge is 0.119 e. The minimum atomic E-state index is 0. The molecule has 0 saturated heterocycles. The van der Waals surface area contributed by atoms with Crippen molar-refractivity contribution in [3.8, 4) is 5.75 Å². The largest absolute Gasteiger partial charge is 0.497 e. The number of ether oxygens (including phenoxy) is 1. The Balaban J connectivity index is 0.00000162. The fourth-order valence-corrected chi connectivity index (χ4v) is 1.65. The zero-order valence-electron chi connectivity index (χ0n) is 10.2. The van der Waals surface area contributed by atoms with Crippen molar-refractivity contribution in [2.45, 2.75) is 6.54 Å². The summed E-state index contributed by atoms with van der Waals surface area (Å²) in [6, 6.07) is 17.8. The molecule has 4 heteroatoms. The van der Waals surface area contributed by atoms with Gasteiger partial charge in [0, 0.05) is 0 Å². The SMILES string of the molecule is COc1ccc(N(N)Cc2ccccc2)cc1.Cl. The Morgan fingerprint density at radius 2 is 1.61 bits per heavy atom. The van der Waals surface area contributed by atoms with Crippen LogP contribution in [0, 0.1) is 0 Å². The average molecular weight is 265 g/mol. The molecule has 96 valence electrons. The standard InChI is InChI=1S/C14H16N2O.ClH/c1-17-14-9-7-13(8-10-14)16(15)11-12-5-3-2-4-6-12;/h2-10H,11,15H2,1H3;1H. The molecule has 0 fully saturated rings.